The lowest BCUT2D eigenvalue weighted by atomic mass is 9.98. The molecule has 0 unspecified atom stereocenters. The number of carboxylic acids is 1. The minimum absolute atomic E-state index is 0.117. The highest BCUT2D eigenvalue weighted by Gasteiger charge is 2.29. The topological polar surface area (TPSA) is 83.2 Å². The predicted molar refractivity (Wildman–Crippen MR) is 121 cm³/mol. The summed E-state index contributed by atoms with van der Waals surface area (Å²) in [4.78, 5) is 16.0. The molecule has 0 aliphatic carbocycles. The number of halogens is 3. The summed E-state index contributed by atoms with van der Waals surface area (Å²) in [5.74, 6) is -0.698. The highest BCUT2D eigenvalue weighted by Crippen LogP contribution is 2.30. The van der Waals surface area contributed by atoms with Crippen LogP contribution in [0.25, 0.3) is 11.3 Å². The molecule has 0 amide bonds. The number of nitrogens with zero attached hydrogens (tertiary/aromatic N) is 2. The maximum Gasteiger partial charge on any atom is 0.416 e. The van der Waals surface area contributed by atoms with Crippen molar-refractivity contribution in [3.05, 3.63) is 82.5 Å². The first-order chi connectivity index (χ1) is 16.2. The third kappa shape index (κ3) is 5.93. The van der Waals surface area contributed by atoms with Gasteiger partial charge >= 0.3 is 12.1 Å². The fourth-order valence-corrected chi connectivity index (χ4v) is 3.62. The van der Waals surface area contributed by atoms with Gasteiger partial charge in [-0.2, -0.15) is 18.4 Å². The van der Waals surface area contributed by atoms with E-state index in [1.807, 2.05) is 6.92 Å². The van der Waals surface area contributed by atoms with E-state index in [9.17, 15) is 28.3 Å². The molecular weight excluding hydrogens is 445 g/mol. The Morgan fingerprint density at radius 3 is 2.47 bits per heavy atom. The molecule has 1 aromatic heterocycles. The van der Waals surface area contributed by atoms with Crippen molar-refractivity contribution >= 4 is 5.97 Å². The summed E-state index contributed by atoms with van der Waals surface area (Å²) in [5, 5.41) is 19.2. The van der Waals surface area contributed by atoms with E-state index in [1.54, 1.807) is 30.5 Å². The Labute approximate surface area is 195 Å². The van der Waals surface area contributed by atoms with Gasteiger partial charge in [0.2, 0.25) is 0 Å². The lowest BCUT2D eigenvalue weighted by Gasteiger charge is -2.12. The molecule has 2 aromatic carbocycles. The van der Waals surface area contributed by atoms with Gasteiger partial charge in [0.25, 0.3) is 0 Å². The predicted octanol–water partition coefficient (Wildman–Crippen LogP) is 6.30. The summed E-state index contributed by atoms with van der Waals surface area (Å²) in [7, 11) is 0. The molecule has 0 fully saturated rings. The zero-order chi connectivity index (χ0) is 24.7. The Balaban J connectivity index is 1.62. The van der Waals surface area contributed by atoms with E-state index in [2.05, 4.69) is 11.1 Å². The number of hydrogen-bond donors (Lipinski definition) is 1. The number of alkyl halides is 3. The second-order valence-corrected chi connectivity index (χ2v) is 7.68. The first kappa shape index (κ1) is 24.8. The molecule has 176 valence electrons. The van der Waals surface area contributed by atoms with Crippen molar-refractivity contribution in [2.45, 2.75) is 38.8 Å². The molecule has 0 radical (unpaired) electrons. The van der Waals surface area contributed by atoms with E-state index >= 15 is 0 Å². The highest BCUT2D eigenvalue weighted by molar-refractivity contribution is 5.96. The number of hydrogen-bond acceptors (Lipinski definition) is 4. The van der Waals surface area contributed by atoms with Gasteiger partial charge in [0.05, 0.1) is 29.0 Å². The fourth-order valence-electron chi connectivity index (χ4n) is 3.62. The van der Waals surface area contributed by atoms with Gasteiger partial charge in [-0.3, -0.25) is 4.98 Å². The zero-order valence-electron chi connectivity index (χ0n) is 18.5. The molecule has 1 heterocycles. The van der Waals surface area contributed by atoms with Crippen molar-refractivity contribution in [2.75, 3.05) is 6.61 Å². The van der Waals surface area contributed by atoms with E-state index in [-0.39, 0.29) is 11.1 Å². The number of aromatic carboxylic acids is 1. The Hall–Kier alpha value is -3.86. The summed E-state index contributed by atoms with van der Waals surface area (Å²) >= 11 is 0. The van der Waals surface area contributed by atoms with Crippen LogP contribution in [0.2, 0.25) is 0 Å². The number of unbranched alkanes of at least 4 members (excludes halogenated alkanes) is 1. The number of aryl methyl sites for hydroxylation is 2. The van der Waals surface area contributed by atoms with Gasteiger partial charge in [0.15, 0.2) is 0 Å². The van der Waals surface area contributed by atoms with Crippen LogP contribution in [-0.4, -0.2) is 22.7 Å². The summed E-state index contributed by atoms with van der Waals surface area (Å²) in [6.45, 7) is 2.19. The van der Waals surface area contributed by atoms with Crippen molar-refractivity contribution < 1.29 is 27.8 Å². The van der Waals surface area contributed by atoms with Gasteiger partial charge in [0, 0.05) is 11.8 Å². The molecular formula is C26H23F3N2O3. The Kier molecular flexibility index (Phi) is 7.90. The number of pyridine rings is 1. The van der Waals surface area contributed by atoms with Crippen molar-refractivity contribution in [1.29, 1.82) is 5.26 Å². The molecule has 34 heavy (non-hydrogen) atoms. The van der Waals surface area contributed by atoms with Crippen molar-refractivity contribution in [3.8, 4) is 23.1 Å². The Morgan fingerprint density at radius 1 is 1.12 bits per heavy atom. The average Bonchev–Trinajstić information content (AvgIpc) is 2.83. The van der Waals surface area contributed by atoms with Crippen LogP contribution in [0.15, 0.2) is 54.7 Å². The van der Waals surface area contributed by atoms with Crippen molar-refractivity contribution in [1.82, 2.24) is 4.98 Å². The van der Waals surface area contributed by atoms with E-state index in [0.29, 0.717) is 54.9 Å². The molecule has 0 saturated heterocycles. The smallest absolute Gasteiger partial charge is 0.416 e. The molecule has 0 atom stereocenters. The van der Waals surface area contributed by atoms with Gasteiger partial charge in [-0.15, -0.1) is 0 Å². The lowest BCUT2D eigenvalue weighted by Crippen LogP contribution is -2.06. The van der Waals surface area contributed by atoms with E-state index in [0.717, 1.165) is 17.7 Å². The minimum Gasteiger partial charge on any atom is -0.492 e. The first-order valence-corrected chi connectivity index (χ1v) is 10.8. The molecule has 3 aromatic rings. The van der Waals surface area contributed by atoms with Gasteiger partial charge in [-0.25, -0.2) is 4.79 Å². The van der Waals surface area contributed by atoms with Crippen LogP contribution in [0.1, 0.15) is 52.4 Å². The van der Waals surface area contributed by atoms with E-state index < -0.39 is 17.7 Å². The van der Waals surface area contributed by atoms with Gasteiger partial charge < -0.3 is 9.84 Å². The SMILES string of the molecule is CCc1ccnc(-c2ccc(OCCCCc3ccc(C(F)(F)F)cc3)c(C#N)c2)c1C(=O)O. The van der Waals surface area contributed by atoms with Gasteiger partial charge in [-0.1, -0.05) is 19.1 Å². The number of carbonyl (C=O) groups is 1. The Bertz CT molecular complexity index is 1200. The van der Waals surface area contributed by atoms with E-state index in [4.69, 9.17) is 4.74 Å². The largest absolute Gasteiger partial charge is 0.492 e. The number of rotatable bonds is 9. The number of aromatic nitrogens is 1. The number of carboxylic acid groups (broad SMARTS) is 1. The lowest BCUT2D eigenvalue weighted by molar-refractivity contribution is -0.137. The standard InChI is InChI=1S/C26H23F3N2O3/c1-2-18-12-13-31-24(23(18)25(32)33)19-8-11-22(20(15-19)16-30)34-14-4-3-5-17-6-9-21(10-7-17)26(27,28)29/h6-13,15H,2-5,14H2,1H3,(H,32,33). The molecule has 8 heteroatoms. The summed E-state index contributed by atoms with van der Waals surface area (Å²) < 4.78 is 43.6. The van der Waals surface area contributed by atoms with E-state index in [1.165, 1.54) is 12.1 Å². The van der Waals surface area contributed by atoms with Crippen LogP contribution in [0.3, 0.4) is 0 Å². The summed E-state index contributed by atoms with van der Waals surface area (Å²) in [6.07, 6.45) is -0.283. The first-order valence-electron chi connectivity index (χ1n) is 10.8. The Morgan fingerprint density at radius 2 is 1.85 bits per heavy atom. The third-order valence-electron chi connectivity index (χ3n) is 5.40. The molecule has 0 spiro atoms. The molecule has 5 nitrogen and oxygen atoms in total. The second-order valence-electron chi connectivity index (χ2n) is 7.68. The molecule has 3 rings (SSSR count). The molecule has 0 aliphatic heterocycles. The van der Waals surface area contributed by atoms with Crippen LogP contribution < -0.4 is 4.74 Å². The number of benzene rings is 2. The van der Waals surface area contributed by atoms with Crippen LogP contribution in [-0.2, 0) is 19.0 Å². The maximum absolute atomic E-state index is 12.6. The molecule has 1 N–H and O–H groups in total. The van der Waals surface area contributed by atoms with Crippen LogP contribution in [0.4, 0.5) is 13.2 Å². The number of ether oxygens (including phenoxy) is 1. The molecule has 0 saturated carbocycles. The number of nitriles is 1. The highest BCUT2D eigenvalue weighted by atomic mass is 19.4. The van der Waals surface area contributed by atoms with Crippen LogP contribution >= 0.6 is 0 Å². The van der Waals surface area contributed by atoms with Gasteiger partial charge in [-0.05, 0) is 73.2 Å². The average molecular weight is 468 g/mol. The minimum atomic E-state index is -4.34. The maximum atomic E-state index is 12.6. The summed E-state index contributed by atoms with van der Waals surface area (Å²) in [6, 6.07) is 13.7. The molecule has 0 aliphatic rings. The second kappa shape index (κ2) is 10.8. The zero-order valence-corrected chi connectivity index (χ0v) is 18.5. The molecule has 0 bridgehead atoms. The monoisotopic (exact) mass is 468 g/mol. The fraction of sp³-hybridized carbons (Fsp3) is 0.269. The normalized spacial score (nSPS) is 11.1. The van der Waals surface area contributed by atoms with Crippen molar-refractivity contribution in [2.24, 2.45) is 0 Å². The van der Waals surface area contributed by atoms with Crippen LogP contribution in [0.5, 0.6) is 5.75 Å². The quantitative estimate of drug-likeness (QED) is 0.373. The summed E-state index contributed by atoms with van der Waals surface area (Å²) in [5.41, 5.74) is 1.99. The third-order valence-corrected chi connectivity index (χ3v) is 5.40. The van der Waals surface area contributed by atoms with Crippen molar-refractivity contribution in [3.63, 3.8) is 0 Å². The van der Waals surface area contributed by atoms with Crippen LogP contribution in [0, 0.1) is 11.3 Å². The van der Waals surface area contributed by atoms with Gasteiger partial charge in [0.1, 0.15) is 11.8 Å².